The van der Waals surface area contributed by atoms with E-state index in [1.54, 1.807) is 0 Å². The number of hydrogen-bond acceptors (Lipinski definition) is 4. The summed E-state index contributed by atoms with van der Waals surface area (Å²) >= 11 is 0. The molecular weight excluding hydrogens is 617 g/mol. The Kier molecular flexibility index (Phi) is 40.2. The summed E-state index contributed by atoms with van der Waals surface area (Å²) in [7, 11) is 0. The van der Waals surface area contributed by atoms with Crippen LogP contribution in [-0.2, 0) is 14.3 Å². The fraction of sp³-hybridized carbons (Fsp3) is 0.630. The molecule has 0 bridgehead atoms. The van der Waals surface area contributed by atoms with E-state index in [-0.39, 0.29) is 19.2 Å². The van der Waals surface area contributed by atoms with Gasteiger partial charge in [0.05, 0.1) is 13.2 Å². The van der Waals surface area contributed by atoms with E-state index >= 15 is 0 Å². The van der Waals surface area contributed by atoms with Crippen molar-refractivity contribution in [2.24, 2.45) is 0 Å². The van der Waals surface area contributed by atoms with Gasteiger partial charge in [-0.05, 0) is 89.9 Å². The van der Waals surface area contributed by atoms with Gasteiger partial charge in [0.1, 0.15) is 6.10 Å². The van der Waals surface area contributed by atoms with E-state index in [1.165, 1.54) is 51.4 Å². The number of ether oxygens (including phenoxy) is 2. The average Bonchev–Trinajstić information content (AvgIpc) is 3.12. The van der Waals surface area contributed by atoms with Crippen LogP contribution in [0.4, 0.5) is 0 Å². The molecule has 1 N–H and O–H groups in total. The lowest BCUT2D eigenvalue weighted by atomic mass is 10.1. The Morgan fingerprint density at radius 2 is 0.900 bits per heavy atom. The molecule has 0 heterocycles. The summed E-state index contributed by atoms with van der Waals surface area (Å²) in [5.74, 6) is -0.233. The van der Waals surface area contributed by atoms with Gasteiger partial charge in [-0.2, -0.15) is 0 Å². The van der Waals surface area contributed by atoms with Crippen LogP contribution in [0.15, 0.2) is 97.2 Å². The third-order valence-electron chi connectivity index (χ3n) is 8.14. The van der Waals surface area contributed by atoms with Gasteiger partial charge in [-0.3, -0.25) is 4.79 Å². The highest BCUT2D eigenvalue weighted by Crippen LogP contribution is 2.10. The van der Waals surface area contributed by atoms with Crippen LogP contribution >= 0.6 is 0 Å². The minimum absolute atomic E-state index is 0.193. The van der Waals surface area contributed by atoms with Crippen molar-refractivity contribution in [2.75, 3.05) is 19.8 Å². The number of aliphatic hydroxyl groups excluding tert-OH is 1. The Morgan fingerprint density at radius 3 is 1.36 bits per heavy atom. The van der Waals surface area contributed by atoms with Crippen molar-refractivity contribution in [3.05, 3.63) is 97.2 Å². The van der Waals surface area contributed by atoms with E-state index in [9.17, 15) is 9.90 Å². The number of carbonyl (C=O) groups excluding carboxylic acids is 1. The molecule has 0 rings (SSSR count). The molecule has 1 atom stereocenters. The third-order valence-corrected chi connectivity index (χ3v) is 8.14. The number of esters is 1. The first-order chi connectivity index (χ1) is 24.7. The molecule has 0 aliphatic carbocycles. The summed E-state index contributed by atoms with van der Waals surface area (Å²) in [6.07, 6.45) is 60.2. The molecule has 50 heavy (non-hydrogen) atoms. The summed E-state index contributed by atoms with van der Waals surface area (Å²) in [4.78, 5) is 12.2. The Hall–Kier alpha value is -2.69. The molecule has 0 saturated heterocycles. The topological polar surface area (TPSA) is 55.8 Å². The molecule has 0 radical (unpaired) electrons. The van der Waals surface area contributed by atoms with Gasteiger partial charge in [0, 0.05) is 13.0 Å². The van der Waals surface area contributed by atoms with Crippen LogP contribution in [0.2, 0.25) is 0 Å². The van der Waals surface area contributed by atoms with Crippen LogP contribution < -0.4 is 0 Å². The molecule has 0 amide bonds. The summed E-state index contributed by atoms with van der Waals surface area (Å²) in [6.45, 7) is 5.12. The molecule has 1 unspecified atom stereocenters. The quantitative estimate of drug-likeness (QED) is 0.0403. The predicted octanol–water partition coefficient (Wildman–Crippen LogP) is 13.4. The normalized spacial score (nSPS) is 13.4. The Balaban J connectivity index is 3.59. The largest absolute Gasteiger partial charge is 0.457 e. The van der Waals surface area contributed by atoms with Gasteiger partial charge in [0.2, 0.25) is 0 Å². The third kappa shape index (κ3) is 39.7. The number of hydrogen-bond donors (Lipinski definition) is 1. The zero-order chi connectivity index (χ0) is 36.3. The maximum Gasteiger partial charge on any atom is 0.306 e. The van der Waals surface area contributed by atoms with Crippen molar-refractivity contribution in [1.29, 1.82) is 0 Å². The molecule has 4 heteroatoms. The molecular formula is C46H76O4. The maximum atomic E-state index is 12.2. The van der Waals surface area contributed by atoms with Crippen molar-refractivity contribution < 1.29 is 19.4 Å². The number of unbranched alkanes of at least 4 members (excludes halogenated alkanes) is 12. The van der Waals surface area contributed by atoms with Gasteiger partial charge in [-0.15, -0.1) is 0 Å². The van der Waals surface area contributed by atoms with Gasteiger partial charge in [-0.25, -0.2) is 0 Å². The summed E-state index contributed by atoms with van der Waals surface area (Å²) in [5, 5.41) is 9.58. The van der Waals surface area contributed by atoms with Crippen molar-refractivity contribution in [3.63, 3.8) is 0 Å². The zero-order valence-corrected chi connectivity index (χ0v) is 32.4. The molecule has 0 aromatic carbocycles. The van der Waals surface area contributed by atoms with Gasteiger partial charge in [0.25, 0.3) is 0 Å². The Labute approximate surface area is 309 Å². The minimum atomic E-state index is -0.560. The lowest BCUT2D eigenvalue weighted by molar-refractivity contribution is -0.154. The van der Waals surface area contributed by atoms with Crippen LogP contribution in [-0.4, -0.2) is 37.0 Å². The van der Waals surface area contributed by atoms with Crippen LogP contribution in [0.1, 0.15) is 162 Å². The predicted molar refractivity (Wildman–Crippen MR) is 218 cm³/mol. The molecule has 4 nitrogen and oxygen atoms in total. The van der Waals surface area contributed by atoms with E-state index in [0.717, 1.165) is 89.9 Å². The standard InChI is InChI=1S/C46H76O4/c1-3-5-7-9-11-13-15-17-19-20-21-22-23-24-25-26-27-29-31-33-35-37-39-41-46(48)50-45(43-47)44-49-42-40-38-36-34-32-30-28-18-16-14-12-10-8-6-4-2/h5,7,10-13,16-19,21-22,24-25,27,29,45,47H,3-4,6,8-9,14-15,20,23,26,28,30-44H2,1-2H3/b7-5-,12-10-,13-11-,18-16-,19-17-,22-21-,25-24-,29-27-. The summed E-state index contributed by atoms with van der Waals surface area (Å²) in [6, 6.07) is 0. The van der Waals surface area contributed by atoms with Crippen molar-refractivity contribution in [1.82, 2.24) is 0 Å². The first-order valence-electron chi connectivity index (χ1n) is 20.3. The van der Waals surface area contributed by atoms with E-state index in [0.29, 0.717) is 13.0 Å². The second-order valence-corrected chi connectivity index (χ2v) is 13.0. The van der Waals surface area contributed by atoms with E-state index in [4.69, 9.17) is 9.47 Å². The Bertz CT molecular complexity index is 949. The number of carbonyl (C=O) groups is 1. The van der Waals surface area contributed by atoms with Crippen molar-refractivity contribution in [2.45, 2.75) is 168 Å². The number of allylic oxidation sites excluding steroid dienone is 16. The lowest BCUT2D eigenvalue weighted by Crippen LogP contribution is -2.27. The monoisotopic (exact) mass is 693 g/mol. The van der Waals surface area contributed by atoms with Crippen LogP contribution in [0.5, 0.6) is 0 Å². The minimum Gasteiger partial charge on any atom is -0.457 e. The molecule has 0 aromatic heterocycles. The molecule has 0 aliphatic rings. The van der Waals surface area contributed by atoms with Crippen LogP contribution in [0.25, 0.3) is 0 Å². The molecule has 0 aliphatic heterocycles. The second kappa shape index (κ2) is 42.5. The van der Waals surface area contributed by atoms with Gasteiger partial charge in [0.15, 0.2) is 0 Å². The highest BCUT2D eigenvalue weighted by atomic mass is 16.6. The van der Waals surface area contributed by atoms with E-state index in [1.807, 2.05) is 0 Å². The molecule has 0 spiro atoms. The van der Waals surface area contributed by atoms with Crippen molar-refractivity contribution >= 4 is 5.97 Å². The smallest absolute Gasteiger partial charge is 0.306 e. The highest BCUT2D eigenvalue weighted by molar-refractivity contribution is 5.69. The summed E-state index contributed by atoms with van der Waals surface area (Å²) < 4.78 is 11.1. The fourth-order valence-corrected chi connectivity index (χ4v) is 5.11. The van der Waals surface area contributed by atoms with Crippen LogP contribution in [0.3, 0.4) is 0 Å². The zero-order valence-electron chi connectivity index (χ0n) is 32.4. The maximum absolute atomic E-state index is 12.2. The first-order valence-corrected chi connectivity index (χ1v) is 20.3. The molecule has 0 aromatic rings. The molecule has 0 saturated carbocycles. The summed E-state index contributed by atoms with van der Waals surface area (Å²) in [5.41, 5.74) is 0. The first kappa shape index (κ1) is 47.3. The van der Waals surface area contributed by atoms with E-state index < -0.39 is 6.10 Å². The van der Waals surface area contributed by atoms with Gasteiger partial charge in [-0.1, -0.05) is 162 Å². The average molecular weight is 693 g/mol. The lowest BCUT2D eigenvalue weighted by Gasteiger charge is -2.15. The van der Waals surface area contributed by atoms with Gasteiger partial charge < -0.3 is 14.6 Å². The number of aliphatic hydroxyl groups is 1. The van der Waals surface area contributed by atoms with Crippen LogP contribution in [0, 0.1) is 0 Å². The van der Waals surface area contributed by atoms with Gasteiger partial charge >= 0.3 is 5.97 Å². The Morgan fingerprint density at radius 1 is 0.500 bits per heavy atom. The fourth-order valence-electron chi connectivity index (χ4n) is 5.11. The highest BCUT2D eigenvalue weighted by Gasteiger charge is 2.13. The van der Waals surface area contributed by atoms with Crippen molar-refractivity contribution in [3.8, 4) is 0 Å². The molecule has 0 fully saturated rings. The molecule has 284 valence electrons. The second-order valence-electron chi connectivity index (χ2n) is 13.0. The van der Waals surface area contributed by atoms with E-state index in [2.05, 4.69) is 111 Å². The number of rotatable bonds is 36. The SMILES string of the molecule is CC/C=C\C/C=C\C/C=C\C/C=C\C/C=C\C/C=C\CCCCCCC(=O)OC(CO)COCCCCCCCC/C=C\C/C=C\CCCC.